The summed E-state index contributed by atoms with van der Waals surface area (Å²) in [5, 5.41) is 23.2. The quantitative estimate of drug-likeness (QED) is 0.0321. The van der Waals surface area contributed by atoms with Crippen molar-refractivity contribution in [2.45, 2.75) is 347 Å². The highest BCUT2D eigenvalue weighted by Gasteiger charge is 2.18. The summed E-state index contributed by atoms with van der Waals surface area (Å²) >= 11 is 0. The average molecular weight is 985 g/mol. The first kappa shape index (κ1) is 68.1. The third kappa shape index (κ3) is 55.4. The number of amides is 1. The smallest absolute Gasteiger partial charge is 0.305 e. The maximum atomic E-state index is 12.5. The van der Waals surface area contributed by atoms with E-state index < -0.39 is 12.1 Å². The highest BCUT2D eigenvalue weighted by atomic mass is 16.5. The maximum Gasteiger partial charge on any atom is 0.305 e. The molecule has 0 radical (unpaired) electrons. The summed E-state index contributed by atoms with van der Waals surface area (Å²) in [5.41, 5.74) is 0. The summed E-state index contributed by atoms with van der Waals surface area (Å²) in [6, 6.07) is -0.640. The van der Waals surface area contributed by atoms with Gasteiger partial charge in [-0.15, -0.1) is 0 Å². The Morgan fingerprint density at radius 2 is 0.686 bits per heavy atom. The number of unbranched alkanes of at least 4 members (excludes halogenated alkanes) is 43. The van der Waals surface area contributed by atoms with Crippen LogP contribution < -0.4 is 5.32 Å². The van der Waals surface area contributed by atoms with Gasteiger partial charge in [-0.25, -0.2) is 0 Å². The first-order valence-electron chi connectivity index (χ1n) is 31.3. The van der Waals surface area contributed by atoms with Crippen LogP contribution in [0, 0.1) is 0 Å². The highest BCUT2D eigenvalue weighted by molar-refractivity contribution is 5.76. The summed E-state index contributed by atoms with van der Waals surface area (Å²) in [4.78, 5) is 24.5. The molecule has 0 bridgehead atoms. The van der Waals surface area contributed by atoms with E-state index in [0.717, 1.165) is 64.2 Å². The molecule has 0 heterocycles. The lowest BCUT2D eigenvalue weighted by molar-refractivity contribution is -0.143. The molecule has 0 rings (SSSR count). The van der Waals surface area contributed by atoms with Gasteiger partial charge in [-0.05, 0) is 77.0 Å². The molecule has 0 fully saturated rings. The topological polar surface area (TPSA) is 95.9 Å². The monoisotopic (exact) mass is 984 g/mol. The van der Waals surface area contributed by atoms with Gasteiger partial charge < -0.3 is 20.3 Å². The van der Waals surface area contributed by atoms with Crippen LogP contribution in [0.15, 0.2) is 36.5 Å². The molecule has 2 unspecified atom stereocenters. The van der Waals surface area contributed by atoms with E-state index in [1.165, 1.54) is 244 Å². The molecule has 6 nitrogen and oxygen atoms in total. The third-order valence-corrected chi connectivity index (χ3v) is 14.4. The van der Waals surface area contributed by atoms with E-state index >= 15 is 0 Å². The van der Waals surface area contributed by atoms with Crippen LogP contribution in [-0.4, -0.2) is 47.4 Å². The Kier molecular flexibility index (Phi) is 58.0. The van der Waals surface area contributed by atoms with E-state index in [0.29, 0.717) is 19.4 Å². The zero-order valence-corrected chi connectivity index (χ0v) is 47.0. The summed E-state index contributed by atoms with van der Waals surface area (Å²) in [6.07, 6.45) is 74.7. The Morgan fingerprint density at radius 3 is 1.06 bits per heavy atom. The van der Waals surface area contributed by atoms with Gasteiger partial charge in [-0.1, -0.05) is 281 Å². The number of hydrogen-bond acceptors (Lipinski definition) is 5. The fourth-order valence-electron chi connectivity index (χ4n) is 9.55. The van der Waals surface area contributed by atoms with Crippen molar-refractivity contribution in [2.75, 3.05) is 13.2 Å². The molecule has 0 saturated heterocycles. The lowest BCUT2D eigenvalue weighted by atomic mass is 10.0. The van der Waals surface area contributed by atoms with Crippen molar-refractivity contribution in [1.29, 1.82) is 0 Å². The molecule has 0 aromatic carbocycles. The van der Waals surface area contributed by atoms with Crippen molar-refractivity contribution in [3.63, 3.8) is 0 Å². The van der Waals surface area contributed by atoms with Crippen LogP contribution in [-0.2, 0) is 14.3 Å². The molecule has 70 heavy (non-hydrogen) atoms. The molecule has 2 atom stereocenters. The van der Waals surface area contributed by atoms with E-state index in [4.69, 9.17) is 4.74 Å². The molecule has 0 aromatic rings. The lowest BCUT2D eigenvalue weighted by Crippen LogP contribution is -2.45. The number of nitrogens with one attached hydrogen (secondary N) is 1. The minimum Gasteiger partial charge on any atom is -0.466 e. The van der Waals surface area contributed by atoms with Gasteiger partial charge in [0.1, 0.15) is 0 Å². The minimum atomic E-state index is -0.855. The second kappa shape index (κ2) is 59.6. The third-order valence-electron chi connectivity index (χ3n) is 14.4. The van der Waals surface area contributed by atoms with Crippen molar-refractivity contribution in [2.24, 2.45) is 0 Å². The van der Waals surface area contributed by atoms with Gasteiger partial charge in [0, 0.05) is 12.8 Å². The normalized spacial score (nSPS) is 12.8. The Morgan fingerprint density at radius 1 is 0.386 bits per heavy atom. The average Bonchev–Trinajstić information content (AvgIpc) is 3.36. The van der Waals surface area contributed by atoms with Gasteiger partial charge in [-0.2, -0.15) is 0 Å². The Hall–Kier alpha value is -1.92. The molecule has 0 aliphatic rings. The molecule has 3 N–H and O–H groups in total. The number of aliphatic hydroxyl groups excluding tert-OH is 2. The van der Waals surface area contributed by atoms with E-state index in [9.17, 15) is 19.8 Å². The van der Waals surface area contributed by atoms with Crippen LogP contribution in [0.25, 0.3) is 0 Å². The first-order chi connectivity index (χ1) is 34.5. The molecule has 6 heteroatoms. The fraction of sp³-hybridized carbons (Fsp3) is 0.875. The summed E-state index contributed by atoms with van der Waals surface area (Å²) in [6.45, 7) is 4.87. The molecular formula is C64H121NO5. The number of allylic oxidation sites excluding steroid dienone is 5. The van der Waals surface area contributed by atoms with Crippen molar-refractivity contribution in [1.82, 2.24) is 5.32 Å². The molecule has 0 aliphatic heterocycles. The van der Waals surface area contributed by atoms with Gasteiger partial charge in [0.25, 0.3) is 0 Å². The number of esters is 1. The molecule has 0 saturated carbocycles. The van der Waals surface area contributed by atoms with Crippen LogP contribution in [0.3, 0.4) is 0 Å². The zero-order valence-electron chi connectivity index (χ0n) is 47.0. The van der Waals surface area contributed by atoms with Gasteiger partial charge in [0.15, 0.2) is 0 Å². The van der Waals surface area contributed by atoms with Gasteiger partial charge in [0.05, 0.1) is 25.4 Å². The highest BCUT2D eigenvalue weighted by Crippen LogP contribution is 2.17. The zero-order chi connectivity index (χ0) is 50.7. The van der Waals surface area contributed by atoms with E-state index in [-0.39, 0.29) is 18.5 Å². The summed E-state index contributed by atoms with van der Waals surface area (Å²) in [7, 11) is 0. The van der Waals surface area contributed by atoms with Crippen LogP contribution >= 0.6 is 0 Å². The van der Waals surface area contributed by atoms with Crippen molar-refractivity contribution < 1.29 is 24.5 Å². The second-order valence-electron chi connectivity index (χ2n) is 21.4. The van der Waals surface area contributed by atoms with E-state index in [1.807, 2.05) is 6.08 Å². The Bertz CT molecular complexity index is 1130. The number of carbonyl (C=O) groups excluding carboxylic acids is 2. The molecular weight excluding hydrogens is 863 g/mol. The predicted octanol–water partition coefficient (Wildman–Crippen LogP) is 19.6. The predicted molar refractivity (Wildman–Crippen MR) is 306 cm³/mol. The number of ether oxygens (including phenoxy) is 1. The molecule has 0 aliphatic carbocycles. The Balaban J connectivity index is 3.49. The minimum absolute atomic E-state index is 0.00880. The number of rotatable bonds is 58. The van der Waals surface area contributed by atoms with Crippen molar-refractivity contribution >= 4 is 11.9 Å². The van der Waals surface area contributed by atoms with E-state index in [1.54, 1.807) is 6.08 Å². The van der Waals surface area contributed by atoms with Crippen LogP contribution in [0.5, 0.6) is 0 Å². The van der Waals surface area contributed by atoms with Crippen molar-refractivity contribution in [3.8, 4) is 0 Å². The lowest BCUT2D eigenvalue weighted by Gasteiger charge is -2.20. The van der Waals surface area contributed by atoms with Crippen LogP contribution in [0.4, 0.5) is 0 Å². The van der Waals surface area contributed by atoms with Crippen LogP contribution in [0.1, 0.15) is 335 Å². The maximum absolute atomic E-state index is 12.5. The van der Waals surface area contributed by atoms with Gasteiger partial charge in [-0.3, -0.25) is 9.59 Å². The SMILES string of the molecule is CCCC/C=C\CCCCCCCC(=O)OCCCCCCCCCCC/C=C\CCCCCCCC(=O)NC(CO)C(O)/C=C/CCCCCCCCCCCCCCCCCCCCCCCC. The molecule has 0 aromatic heterocycles. The van der Waals surface area contributed by atoms with E-state index in [2.05, 4.69) is 43.5 Å². The number of hydrogen-bond donors (Lipinski definition) is 3. The summed E-state index contributed by atoms with van der Waals surface area (Å²) in [5.74, 6) is -0.0885. The largest absolute Gasteiger partial charge is 0.466 e. The molecule has 412 valence electrons. The summed E-state index contributed by atoms with van der Waals surface area (Å²) < 4.78 is 5.45. The van der Waals surface area contributed by atoms with Crippen LogP contribution in [0.2, 0.25) is 0 Å². The van der Waals surface area contributed by atoms with Crippen molar-refractivity contribution in [3.05, 3.63) is 36.5 Å². The standard InChI is InChI=1S/C64H121NO5/c1-3-5-7-9-11-13-15-16-17-18-19-20-21-22-23-24-27-30-33-37-40-44-48-52-56-62(67)61(60-66)65-63(68)57-53-49-45-41-38-34-31-28-25-26-29-32-35-39-43-47-51-55-59-70-64(69)58-54-50-46-42-36-14-12-10-8-6-4-2/h10,12,28,31,52,56,61-62,66-67H,3-9,11,13-27,29-30,32-51,53-55,57-60H2,1-2H3,(H,65,68)/b12-10-,31-28-,56-52+. The van der Waals surface area contributed by atoms with Gasteiger partial charge in [0.2, 0.25) is 5.91 Å². The first-order valence-corrected chi connectivity index (χ1v) is 31.3. The fourth-order valence-corrected chi connectivity index (χ4v) is 9.55. The number of aliphatic hydroxyl groups is 2. The molecule has 1 amide bonds. The van der Waals surface area contributed by atoms with Gasteiger partial charge >= 0.3 is 5.97 Å². The Labute approximate surface area is 436 Å². The second-order valence-corrected chi connectivity index (χ2v) is 21.4. The number of carbonyl (C=O) groups is 2. The molecule has 0 spiro atoms.